The number of hydrogen-bond donors (Lipinski definition) is 1. The number of hydrogen-bond acceptors (Lipinski definition) is 5. The van der Waals surface area contributed by atoms with E-state index in [1.54, 1.807) is 0 Å². The summed E-state index contributed by atoms with van der Waals surface area (Å²) in [6.07, 6.45) is 0. The van der Waals surface area contributed by atoms with Gasteiger partial charge >= 0.3 is 17.5 Å². The molecule has 1 N–H and O–H groups in total. The zero-order valence-corrected chi connectivity index (χ0v) is 12.1. The molecule has 0 saturated carbocycles. The maximum Gasteiger partial charge on any atom is 0.392 e. The highest BCUT2D eigenvalue weighted by Gasteiger charge is 2.21. The summed E-state index contributed by atoms with van der Waals surface area (Å²) in [5.74, 6) is -4.40. The van der Waals surface area contributed by atoms with Crippen molar-refractivity contribution in [3.05, 3.63) is 62.1 Å². The monoisotopic (exact) mass is 337 g/mol. The fourth-order valence-corrected chi connectivity index (χ4v) is 2.21. The van der Waals surface area contributed by atoms with Gasteiger partial charge in [0.25, 0.3) is 5.56 Å². The van der Waals surface area contributed by atoms with E-state index in [9.17, 15) is 23.2 Å². The Hall–Kier alpha value is -3.30. The largest absolute Gasteiger partial charge is 0.474 e. The van der Waals surface area contributed by atoms with Crippen LogP contribution in [0.25, 0.3) is 11.2 Å². The van der Waals surface area contributed by atoms with E-state index in [1.807, 2.05) is 0 Å². The zero-order valence-electron chi connectivity index (χ0n) is 12.1. The average molecular weight is 337 g/mol. The lowest BCUT2D eigenvalue weighted by atomic mass is 10.2. The smallest absolute Gasteiger partial charge is 0.392 e. The lowest BCUT2D eigenvalue weighted by molar-refractivity contribution is 0.0655. The molecular weight excluding hydrogens is 328 g/mol. The summed E-state index contributed by atoms with van der Waals surface area (Å²) in [5.41, 5.74) is -2.17. The maximum absolute atomic E-state index is 13.3. The van der Waals surface area contributed by atoms with Gasteiger partial charge in [-0.3, -0.25) is 13.9 Å². The van der Waals surface area contributed by atoms with Crippen LogP contribution < -0.4 is 11.2 Å². The molecule has 2 aromatic heterocycles. The normalized spacial score (nSPS) is 11.1. The number of fused-ring (bicyclic) bond motifs is 1. The van der Waals surface area contributed by atoms with Crippen LogP contribution in [0.15, 0.2) is 32.2 Å². The second-order valence-corrected chi connectivity index (χ2v) is 4.96. The molecule has 0 spiro atoms. The van der Waals surface area contributed by atoms with Gasteiger partial charge in [-0.25, -0.2) is 18.4 Å². The van der Waals surface area contributed by atoms with Gasteiger partial charge in [0.2, 0.25) is 5.71 Å². The molecule has 0 bridgehead atoms. The first-order chi connectivity index (χ1) is 11.3. The van der Waals surface area contributed by atoms with Crippen LogP contribution in [0.1, 0.15) is 16.2 Å². The van der Waals surface area contributed by atoms with Gasteiger partial charge in [-0.15, -0.1) is 0 Å². The molecule has 0 saturated heterocycles. The molecule has 0 unspecified atom stereocenters. The van der Waals surface area contributed by atoms with Gasteiger partial charge in [-0.05, 0) is 17.7 Å². The number of carboxylic acids is 1. The molecule has 0 aliphatic carbocycles. The van der Waals surface area contributed by atoms with Gasteiger partial charge in [0.1, 0.15) is 0 Å². The van der Waals surface area contributed by atoms with Crippen molar-refractivity contribution in [1.29, 1.82) is 0 Å². The Bertz CT molecular complexity index is 1100. The van der Waals surface area contributed by atoms with Crippen LogP contribution in [0.4, 0.5) is 8.78 Å². The van der Waals surface area contributed by atoms with E-state index in [0.717, 1.165) is 21.3 Å². The molecule has 3 aromatic rings. The van der Waals surface area contributed by atoms with Crippen molar-refractivity contribution in [3.63, 3.8) is 0 Å². The van der Waals surface area contributed by atoms with Gasteiger partial charge in [0, 0.05) is 7.05 Å². The molecule has 0 radical (unpaired) electrons. The highest BCUT2D eigenvalue weighted by atomic mass is 19.2. The number of aryl methyl sites for hydroxylation is 1. The molecule has 0 amide bonds. The predicted octanol–water partition coefficient (Wildman–Crippen LogP) is 0.713. The van der Waals surface area contributed by atoms with Crippen molar-refractivity contribution in [2.45, 2.75) is 6.54 Å². The molecule has 2 heterocycles. The van der Waals surface area contributed by atoms with Crippen molar-refractivity contribution in [2.24, 2.45) is 7.05 Å². The van der Waals surface area contributed by atoms with E-state index in [-0.39, 0.29) is 23.3 Å². The Kier molecular flexibility index (Phi) is 3.51. The van der Waals surface area contributed by atoms with Gasteiger partial charge < -0.3 is 9.52 Å². The highest BCUT2D eigenvalue weighted by Crippen LogP contribution is 2.11. The summed E-state index contributed by atoms with van der Waals surface area (Å²) < 4.78 is 32.8. The summed E-state index contributed by atoms with van der Waals surface area (Å²) in [6, 6.07) is 2.95. The quantitative estimate of drug-likeness (QED) is 0.754. The van der Waals surface area contributed by atoms with Crippen LogP contribution in [0, 0.1) is 11.6 Å². The number of nitrogens with zero attached hydrogens (tertiary/aromatic N) is 3. The number of carbonyl (C=O) groups is 1. The number of aromatic nitrogens is 3. The van der Waals surface area contributed by atoms with E-state index >= 15 is 0 Å². The molecule has 124 valence electrons. The first kappa shape index (κ1) is 15.6. The number of benzene rings is 1. The molecule has 0 fully saturated rings. The number of halogens is 2. The lowest BCUT2D eigenvalue weighted by Gasteiger charge is -2.07. The third-order valence-electron chi connectivity index (χ3n) is 3.39. The molecule has 24 heavy (non-hydrogen) atoms. The summed E-state index contributed by atoms with van der Waals surface area (Å²) in [5, 5.41) is 8.87. The standard InChI is InChI=1S/C14H9F2N3O5/c1-18-12-9(17-10(24-12)13(21)22)11(20)19(14(18)23)5-6-2-3-7(15)8(16)4-6/h2-4H,5H2,1H3,(H,21,22). The molecule has 0 aliphatic rings. The fourth-order valence-electron chi connectivity index (χ4n) is 2.21. The van der Waals surface area contributed by atoms with Crippen LogP contribution in [0.5, 0.6) is 0 Å². The Balaban J connectivity index is 2.21. The third kappa shape index (κ3) is 2.37. The summed E-state index contributed by atoms with van der Waals surface area (Å²) in [4.78, 5) is 39.1. The van der Waals surface area contributed by atoms with Crippen molar-refractivity contribution >= 4 is 17.2 Å². The van der Waals surface area contributed by atoms with E-state index in [0.29, 0.717) is 0 Å². The van der Waals surface area contributed by atoms with Crippen molar-refractivity contribution in [3.8, 4) is 0 Å². The molecule has 10 heteroatoms. The van der Waals surface area contributed by atoms with Crippen molar-refractivity contribution in [2.75, 3.05) is 0 Å². The minimum Gasteiger partial charge on any atom is -0.474 e. The van der Waals surface area contributed by atoms with Crippen LogP contribution in [0.3, 0.4) is 0 Å². The summed E-state index contributed by atoms with van der Waals surface area (Å²) >= 11 is 0. The van der Waals surface area contributed by atoms with Gasteiger partial charge in [0.15, 0.2) is 17.2 Å². The molecular formula is C14H9F2N3O5. The van der Waals surface area contributed by atoms with Gasteiger partial charge in [-0.2, -0.15) is 4.98 Å². The van der Waals surface area contributed by atoms with E-state index in [4.69, 9.17) is 9.52 Å². The first-order valence-corrected chi connectivity index (χ1v) is 6.57. The Labute approximate surface area is 131 Å². The minimum atomic E-state index is -1.50. The van der Waals surface area contributed by atoms with E-state index in [2.05, 4.69) is 4.98 Å². The fraction of sp³-hybridized carbons (Fsp3) is 0.143. The van der Waals surface area contributed by atoms with Crippen LogP contribution in [0.2, 0.25) is 0 Å². The molecule has 3 rings (SSSR count). The maximum atomic E-state index is 13.3. The van der Waals surface area contributed by atoms with Crippen molar-refractivity contribution in [1.82, 2.24) is 14.1 Å². The topological polar surface area (TPSA) is 107 Å². The van der Waals surface area contributed by atoms with Crippen LogP contribution in [-0.2, 0) is 13.6 Å². The molecule has 1 aromatic carbocycles. The Morgan fingerprint density at radius 1 is 1.29 bits per heavy atom. The van der Waals surface area contributed by atoms with Crippen molar-refractivity contribution < 1.29 is 23.1 Å². The number of aromatic carboxylic acids is 1. The summed E-state index contributed by atoms with van der Waals surface area (Å²) in [6.45, 7) is -0.339. The van der Waals surface area contributed by atoms with E-state index < -0.39 is 34.7 Å². The number of rotatable bonds is 3. The predicted molar refractivity (Wildman–Crippen MR) is 75.9 cm³/mol. The van der Waals surface area contributed by atoms with Gasteiger partial charge in [-0.1, -0.05) is 6.07 Å². The number of carboxylic acid groups (broad SMARTS) is 1. The highest BCUT2D eigenvalue weighted by molar-refractivity contribution is 5.85. The Morgan fingerprint density at radius 2 is 2.00 bits per heavy atom. The summed E-state index contributed by atoms with van der Waals surface area (Å²) in [7, 11) is 1.27. The second-order valence-electron chi connectivity index (χ2n) is 4.96. The SMILES string of the molecule is Cn1c(=O)n(Cc2ccc(F)c(F)c2)c(=O)c2nc(C(=O)O)oc21. The number of oxazole rings is 1. The Morgan fingerprint density at radius 3 is 2.62 bits per heavy atom. The molecule has 0 atom stereocenters. The first-order valence-electron chi connectivity index (χ1n) is 6.57. The molecule has 0 aliphatic heterocycles. The average Bonchev–Trinajstić information content (AvgIpc) is 2.99. The minimum absolute atomic E-state index is 0.175. The lowest BCUT2D eigenvalue weighted by Crippen LogP contribution is -2.39. The van der Waals surface area contributed by atoms with Gasteiger partial charge in [0.05, 0.1) is 6.54 Å². The third-order valence-corrected chi connectivity index (χ3v) is 3.39. The molecule has 8 nitrogen and oxygen atoms in total. The van der Waals surface area contributed by atoms with Crippen LogP contribution in [-0.4, -0.2) is 25.2 Å². The second kappa shape index (κ2) is 5.41. The zero-order chi connectivity index (χ0) is 17.6. The van der Waals surface area contributed by atoms with Crippen LogP contribution >= 0.6 is 0 Å². The van der Waals surface area contributed by atoms with E-state index in [1.165, 1.54) is 13.1 Å².